The Bertz CT molecular complexity index is 1330. The quantitative estimate of drug-likeness (QED) is 0.355. The van der Waals surface area contributed by atoms with Crippen LogP contribution in [0.1, 0.15) is 28.8 Å². The number of hydrogen-bond acceptors (Lipinski definition) is 4. The van der Waals surface area contributed by atoms with E-state index in [-0.39, 0.29) is 11.9 Å². The van der Waals surface area contributed by atoms with Gasteiger partial charge >= 0.3 is 0 Å². The van der Waals surface area contributed by atoms with Gasteiger partial charge in [0, 0.05) is 36.1 Å². The van der Waals surface area contributed by atoms with Crippen molar-refractivity contribution in [1.29, 1.82) is 0 Å². The van der Waals surface area contributed by atoms with Crippen LogP contribution in [-0.4, -0.2) is 39.9 Å². The standard InChI is InChI=1S/C27H24N4O2/c1-28-22-5-9-24(10-6-22)31-26-11-2-19(16-21(26)18-29-31)17-27(33)20-3-7-23(8-4-20)30-14-12-25(32)13-15-30/h2-11,16,18,25,32H,12-15,17H2. The number of carbonyl (C=O) groups excluding carboxylic acids is 1. The molecule has 2 heterocycles. The lowest BCUT2D eigenvalue weighted by Crippen LogP contribution is -2.35. The molecule has 6 nitrogen and oxygen atoms in total. The van der Waals surface area contributed by atoms with Crippen LogP contribution in [0.5, 0.6) is 0 Å². The second-order valence-electron chi connectivity index (χ2n) is 8.44. The van der Waals surface area contributed by atoms with Crippen LogP contribution in [0.15, 0.2) is 72.9 Å². The van der Waals surface area contributed by atoms with Crippen molar-refractivity contribution in [2.24, 2.45) is 0 Å². The van der Waals surface area contributed by atoms with Gasteiger partial charge in [0.2, 0.25) is 0 Å². The first-order chi connectivity index (χ1) is 16.1. The number of carbonyl (C=O) groups is 1. The van der Waals surface area contributed by atoms with Crippen molar-refractivity contribution in [3.63, 3.8) is 0 Å². The van der Waals surface area contributed by atoms with E-state index in [2.05, 4.69) is 14.8 Å². The highest BCUT2D eigenvalue weighted by Crippen LogP contribution is 2.24. The molecule has 0 spiro atoms. The van der Waals surface area contributed by atoms with Crippen LogP contribution in [0.2, 0.25) is 0 Å². The number of ketones is 1. The number of benzene rings is 3. The molecule has 5 rings (SSSR count). The molecule has 0 bridgehead atoms. The fourth-order valence-electron chi connectivity index (χ4n) is 4.34. The molecule has 33 heavy (non-hydrogen) atoms. The normalized spacial score (nSPS) is 14.4. The SMILES string of the molecule is [C-]#[N+]c1ccc(-n2ncc3cc(CC(=O)c4ccc(N5CCC(O)CC5)cc4)ccc32)cc1. The number of aliphatic hydroxyl groups is 1. The molecular formula is C27H24N4O2. The van der Waals surface area contributed by atoms with Gasteiger partial charge in [-0.15, -0.1) is 0 Å². The van der Waals surface area contributed by atoms with Gasteiger partial charge in [-0.25, -0.2) is 9.53 Å². The van der Waals surface area contributed by atoms with Crippen molar-refractivity contribution < 1.29 is 9.90 Å². The van der Waals surface area contributed by atoms with E-state index in [4.69, 9.17) is 6.57 Å². The van der Waals surface area contributed by atoms with Crippen LogP contribution in [-0.2, 0) is 6.42 Å². The second-order valence-corrected chi connectivity index (χ2v) is 8.44. The van der Waals surface area contributed by atoms with Crippen LogP contribution in [0, 0.1) is 6.57 Å². The zero-order valence-electron chi connectivity index (χ0n) is 18.2. The molecule has 0 aliphatic carbocycles. The van der Waals surface area contributed by atoms with Crippen LogP contribution in [0.25, 0.3) is 21.4 Å². The molecule has 164 valence electrons. The van der Waals surface area contributed by atoms with Crippen LogP contribution in [0.4, 0.5) is 11.4 Å². The highest BCUT2D eigenvalue weighted by Gasteiger charge is 2.17. The Balaban J connectivity index is 1.30. The van der Waals surface area contributed by atoms with E-state index in [1.165, 1.54) is 0 Å². The van der Waals surface area contributed by atoms with E-state index in [1.54, 1.807) is 18.3 Å². The van der Waals surface area contributed by atoms with E-state index in [0.717, 1.165) is 53.8 Å². The summed E-state index contributed by atoms with van der Waals surface area (Å²) in [6.45, 7) is 8.77. The molecule has 6 heteroatoms. The van der Waals surface area contributed by atoms with E-state index in [1.807, 2.05) is 59.3 Å². The second kappa shape index (κ2) is 8.89. The summed E-state index contributed by atoms with van der Waals surface area (Å²) >= 11 is 0. The Kier molecular flexibility index (Phi) is 5.64. The summed E-state index contributed by atoms with van der Waals surface area (Å²) in [6, 6.07) is 21.1. The minimum Gasteiger partial charge on any atom is -0.393 e. The number of rotatable bonds is 5. The van der Waals surface area contributed by atoms with Crippen molar-refractivity contribution in [1.82, 2.24) is 9.78 Å². The number of aliphatic hydroxyl groups excluding tert-OH is 1. The van der Waals surface area contributed by atoms with Gasteiger partial charge in [-0.1, -0.05) is 18.2 Å². The van der Waals surface area contributed by atoms with Crippen LogP contribution >= 0.6 is 0 Å². The van der Waals surface area contributed by atoms with Gasteiger partial charge < -0.3 is 10.0 Å². The average Bonchev–Trinajstić information content (AvgIpc) is 3.28. The molecule has 1 saturated heterocycles. The third-order valence-corrected chi connectivity index (χ3v) is 6.24. The Morgan fingerprint density at radius 2 is 1.70 bits per heavy atom. The predicted molar refractivity (Wildman–Crippen MR) is 129 cm³/mol. The van der Waals surface area contributed by atoms with Gasteiger partial charge in [0.25, 0.3) is 0 Å². The zero-order valence-corrected chi connectivity index (χ0v) is 18.2. The van der Waals surface area contributed by atoms with E-state index >= 15 is 0 Å². The lowest BCUT2D eigenvalue weighted by Gasteiger charge is -2.31. The molecule has 0 amide bonds. The topological polar surface area (TPSA) is 62.7 Å². The monoisotopic (exact) mass is 436 g/mol. The van der Waals surface area contributed by atoms with Crippen molar-refractivity contribution in [3.8, 4) is 5.69 Å². The van der Waals surface area contributed by atoms with Gasteiger partial charge in [0.1, 0.15) is 0 Å². The molecule has 1 fully saturated rings. The molecule has 1 N–H and O–H groups in total. The number of anilines is 1. The summed E-state index contributed by atoms with van der Waals surface area (Å²) in [4.78, 5) is 18.6. The van der Waals surface area contributed by atoms with E-state index in [9.17, 15) is 9.90 Å². The minimum absolute atomic E-state index is 0.0806. The number of nitrogens with zero attached hydrogens (tertiary/aromatic N) is 4. The molecule has 0 radical (unpaired) electrons. The lowest BCUT2D eigenvalue weighted by molar-refractivity contribution is 0.0993. The van der Waals surface area contributed by atoms with Gasteiger partial charge in [-0.3, -0.25) is 4.79 Å². The molecule has 0 atom stereocenters. The predicted octanol–water partition coefficient (Wildman–Crippen LogP) is 4.96. The van der Waals surface area contributed by atoms with Crippen molar-refractivity contribution in [2.45, 2.75) is 25.4 Å². The summed E-state index contributed by atoms with van der Waals surface area (Å²) in [5.74, 6) is 0.0806. The fourth-order valence-corrected chi connectivity index (χ4v) is 4.34. The Labute approximate surface area is 192 Å². The summed E-state index contributed by atoms with van der Waals surface area (Å²) in [5, 5.41) is 15.2. The minimum atomic E-state index is -0.197. The first-order valence-electron chi connectivity index (χ1n) is 11.1. The number of fused-ring (bicyclic) bond motifs is 1. The number of Topliss-reactive ketones (excluding diaryl/α,β-unsaturated/α-hetero) is 1. The lowest BCUT2D eigenvalue weighted by atomic mass is 10.0. The molecule has 4 aromatic rings. The number of aromatic nitrogens is 2. The molecule has 1 aliphatic rings. The van der Waals surface area contributed by atoms with Crippen LogP contribution < -0.4 is 4.90 Å². The smallest absolute Gasteiger partial charge is 0.187 e. The van der Waals surface area contributed by atoms with Gasteiger partial charge in [-0.2, -0.15) is 5.10 Å². The Hall–Kier alpha value is -3.95. The number of piperidine rings is 1. The third kappa shape index (κ3) is 4.36. The highest BCUT2D eigenvalue weighted by atomic mass is 16.3. The van der Waals surface area contributed by atoms with Crippen LogP contribution in [0.3, 0.4) is 0 Å². The van der Waals surface area contributed by atoms with Gasteiger partial charge in [-0.05, 0) is 66.9 Å². The first kappa shape index (κ1) is 20.9. The van der Waals surface area contributed by atoms with Crippen molar-refractivity contribution in [3.05, 3.63) is 95.5 Å². The molecule has 1 aromatic heterocycles. The zero-order chi connectivity index (χ0) is 22.8. The highest BCUT2D eigenvalue weighted by molar-refractivity contribution is 5.98. The maximum Gasteiger partial charge on any atom is 0.187 e. The Morgan fingerprint density at radius 3 is 2.39 bits per heavy atom. The van der Waals surface area contributed by atoms with Gasteiger partial charge in [0.05, 0.1) is 30.1 Å². The summed E-state index contributed by atoms with van der Waals surface area (Å²) in [7, 11) is 0. The average molecular weight is 437 g/mol. The first-order valence-corrected chi connectivity index (χ1v) is 11.1. The maximum atomic E-state index is 12.9. The molecule has 0 unspecified atom stereocenters. The Morgan fingerprint density at radius 1 is 1.00 bits per heavy atom. The molecule has 3 aromatic carbocycles. The van der Waals surface area contributed by atoms with Gasteiger partial charge in [0.15, 0.2) is 11.5 Å². The summed E-state index contributed by atoms with van der Waals surface area (Å²) in [6.07, 6.45) is 3.50. The molecule has 0 saturated carbocycles. The van der Waals surface area contributed by atoms with Crippen molar-refractivity contribution >= 4 is 28.1 Å². The fraction of sp³-hybridized carbons (Fsp3) is 0.222. The maximum absolute atomic E-state index is 12.9. The third-order valence-electron chi connectivity index (χ3n) is 6.24. The molecular weight excluding hydrogens is 412 g/mol. The van der Waals surface area contributed by atoms with Crippen molar-refractivity contribution in [2.75, 3.05) is 18.0 Å². The van der Waals surface area contributed by atoms with E-state index < -0.39 is 0 Å². The van der Waals surface area contributed by atoms with E-state index in [0.29, 0.717) is 17.7 Å². The summed E-state index contributed by atoms with van der Waals surface area (Å²) in [5.41, 5.74) is 5.19. The number of hydrogen-bond donors (Lipinski definition) is 1. The largest absolute Gasteiger partial charge is 0.393 e. The summed E-state index contributed by atoms with van der Waals surface area (Å²) < 4.78 is 1.84. The molecule has 1 aliphatic heterocycles.